The van der Waals surface area contributed by atoms with Crippen LogP contribution in [0.15, 0.2) is 29.1 Å². The highest BCUT2D eigenvalue weighted by molar-refractivity contribution is 5.67. The van der Waals surface area contributed by atoms with Crippen LogP contribution in [0.5, 0.6) is 5.88 Å². The average molecular weight is 274 g/mol. The first kappa shape index (κ1) is 14.3. The first-order valence-corrected chi connectivity index (χ1v) is 6.43. The van der Waals surface area contributed by atoms with Crippen molar-refractivity contribution >= 4 is 0 Å². The number of H-pyrrole nitrogens is 1. The zero-order chi connectivity index (χ0) is 14.7. The third-order valence-corrected chi connectivity index (χ3v) is 3.17. The van der Waals surface area contributed by atoms with Gasteiger partial charge in [0, 0.05) is 13.5 Å². The smallest absolute Gasteiger partial charge is 0.262 e. The monoisotopic (exact) mass is 274 g/mol. The fourth-order valence-electron chi connectivity index (χ4n) is 1.94. The standard InChI is InChI=1S/C15H18N2O3/c1-9-4-6-11(7-5-9)13-14(18)16-12(17-15(13)19)8-10(2)20-3/h4-7,10H,8H2,1-3H3,(H2,16,17,18,19). The summed E-state index contributed by atoms with van der Waals surface area (Å²) in [5.74, 6) is 0.161. The summed E-state index contributed by atoms with van der Waals surface area (Å²) in [6.45, 7) is 3.83. The lowest BCUT2D eigenvalue weighted by atomic mass is 10.1. The molecule has 0 aliphatic carbocycles. The Hall–Kier alpha value is -2.14. The molecule has 2 N–H and O–H groups in total. The van der Waals surface area contributed by atoms with Gasteiger partial charge in [0.25, 0.3) is 5.56 Å². The van der Waals surface area contributed by atoms with Gasteiger partial charge < -0.3 is 14.8 Å². The van der Waals surface area contributed by atoms with Gasteiger partial charge in [-0.3, -0.25) is 4.79 Å². The summed E-state index contributed by atoms with van der Waals surface area (Å²) in [7, 11) is 1.59. The molecule has 2 rings (SSSR count). The molecule has 5 heteroatoms. The van der Waals surface area contributed by atoms with Gasteiger partial charge in [-0.05, 0) is 19.4 Å². The van der Waals surface area contributed by atoms with Crippen LogP contribution in [0, 0.1) is 6.92 Å². The number of rotatable bonds is 4. The summed E-state index contributed by atoms with van der Waals surface area (Å²) >= 11 is 0. The molecule has 0 fully saturated rings. The van der Waals surface area contributed by atoms with Crippen LogP contribution < -0.4 is 5.56 Å². The van der Waals surface area contributed by atoms with E-state index in [1.54, 1.807) is 19.2 Å². The van der Waals surface area contributed by atoms with Crippen LogP contribution in [0.4, 0.5) is 0 Å². The maximum absolute atomic E-state index is 12.1. The number of hydrogen-bond acceptors (Lipinski definition) is 4. The molecule has 20 heavy (non-hydrogen) atoms. The van der Waals surface area contributed by atoms with E-state index in [-0.39, 0.29) is 23.1 Å². The van der Waals surface area contributed by atoms with E-state index in [2.05, 4.69) is 9.97 Å². The summed E-state index contributed by atoms with van der Waals surface area (Å²) in [6, 6.07) is 7.35. The number of aromatic amines is 1. The first-order chi connectivity index (χ1) is 9.51. The Bertz CT molecular complexity index is 647. The van der Waals surface area contributed by atoms with E-state index in [0.29, 0.717) is 17.8 Å². The highest BCUT2D eigenvalue weighted by Gasteiger charge is 2.14. The average Bonchev–Trinajstić information content (AvgIpc) is 2.40. The van der Waals surface area contributed by atoms with Gasteiger partial charge >= 0.3 is 0 Å². The van der Waals surface area contributed by atoms with E-state index in [9.17, 15) is 9.90 Å². The highest BCUT2D eigenvalue weighted by atomic mass is 16.5. The molecule has 1 unspecified atom stereocenters. The molecular formula is C15H18N2O3. The molecule has 2 aromatic rings. The van der Waals surface area contributed by atoms with Crippen molar-refractivity contribution < 1.29 is 9.84 Å². The lowest BCUT2D eigenvalue weighted by Gasteiger charge is -2.10. The SMILES string of the molecule is COC(C)Cc1nc(O)c(-c2ccc(C)cc2)c(=O)[nH]1. The Morgan fingerprint density at radius 2 is 2.00 bits per heavy atom. The van der Waals surface area contributed by atoms with Gasteiger partial charge in [-0.2, -0.15) is 4.98 Å². The lowest BCUT2D eigenvalue weighted by molar-refractivity contribution is 0.117. The van der Waals surface area contributed by atoms with Gasteiger partial charge in [0.15, 0.2) is 0 Å². The van der Waals surface area contributed by atoms with E-state index in [4.69, 9.17) is 4.74 Å². The summed E-state index contributed by atoms with van der Waals surface area (Å²) in [5, 5.41) is 10.0. The third kappa shape index (κ3) is 3.05. The molecule has 0 saturated heterocycles. The number of aryl methyl sites for hydroxylation is 1. The molecule has 0 aliphatic heterocycles. The summed E-state index contributed by atoms with van der Waals surface area (Å²) in [5.41, 5.74) is 1.58. The number of ether oxygens (including phenoxy) is 1. The Morgan fingerprint density at radius 1 is 1.35 bits per heavy atom. The maximum atomic E-state index is 12.1. The molecule has 0 radical (unpaired) electrons. The van der Waals surface area contributed by atoms with Crippen LogP contribution in [0.25, 0.3) is 11.1 Å². The van der Waals surface area contributed by atoms with Crippen molar-refractivity contribution in [3.63, 3.8) is 0 Å². The van der Waals surface area contributed by atoms with E-state index in [1.165, 1.54) is 0 Å². The summed E-state index contributed by atoms with van der Waals surface area (Å²) < 4.78 is 5.12. The van der Waals surface area contributed by atoms with Crippen molar-refractivity contribution in [2.75, 3.05) is 7.11 Å². The second kappa shape index (κ2) is 5.88. The van der Waals surface area contributed by atoms with Crippen LogP contribution in [-0.4, -0.2) is 28.3 Å². The predicted octanol–water partition coefficient (Wildman–Crippen LogP) is 2.03. The minimum Gasteiger partial charge on any atom is -0.493 e. The number of methoxy groups -OCH3 is 1. The summed E-state index contributed by atoms with van der Waals surface area (Å²) in [6.07, 6.45) is 0.357. The Balaban J connectivity index is 2.41. The zero-order valence-corrected chi connectivity index (χ0v) is 11.8. The van der Waals surface area contributed by atoms with E-state index >= 15 is 0 Å². The van der Waals surface area contributed by atoms with Crippen molar-refractivity contribution in [1.82, 2.24) is 9.97 Å². The van der Waals surface area contributed by atoms with Crippen LogP contribution in [0.2, 0.25) is 0 Å². The van der Waals surface area contributed by atoms with Gasteiger partial charge in [-0.25, -0.2) is 0 Å². The molecule has 0 spiro atoms. The minimum atomic E-state index is -0.348. The Labute approximate surface area is 117 Å². The number of aromatic nitrogens is 2. The fraction of sp³-hybridized carbons (Fsp3) is 0.333. The fourth-order valence-corrected chi connectivity index (χ4v) is 1.94. The van der Waals surface area contributed by atoms with Gasteiger partial charge in [0.1, 0.15) is 11.4 Å². The molecule has 0 saturated carbocycles. The molecule has 1 aromatic carbocycles. The van der Waals surface area contributed by atoms with E-state index < -0.39 is 0 Å². The lowest BCUT2D eigenvalue weighted by Crippen LogP contribution is -2.18. The van der Waals surface area contributed by atoms with Gasteiger partial charge in [-0.1, -0.05) is 29.8 Å². The molecular weight excluding hydrogens is 256 g/mol. The molecule has 5 nitrogen and oxygen atoms in total. The second-order valence-electron chi connectivity index (χ2n) is 4.83. The van der Waals surface area contributed by atoms with Crippen molar-refractivity contribution in [3.8, 4) is 17.0 Å². The van der Waals surface area contributed by atoms with Crippen molar-refractivity contribution in [2.24, 2.45) is 0 Å². The van der Waals surface area contributed by atoms with Crippen molar-refractivity contribution in [3.05, 3.63) is 46.0 Å². The molecule has 0 aliphatic rings. The van der Waals surface area contributed by atoms with Crippen molar-refractivity contribution in [2.45, 2.75) is 26.4 Å². The number of nitrogens with one attached hydrogen (secondary N) is 1. The first-order valence-electron chi connectivity index (χ1n) is 6.43. The number of nitrogens with zero attached hydrogens (tertiary/aromatic N) is 1. The quantitative estimate of drug-likeness (QED) is 0.894. The van der Waals surface area contributed by atoms with Gasteiger partial charge in [0.2, 0.25) is 5.88 Å². The van der Waals surface area contributed by atoms with Crippen molar-refractivity contribution in [1.29, 1.82) is 0 Å². The Kier molecular flexibility index (Phi) is 4.20. The molecule has 1 heterocycles. The second-order valence-corrected chi connectivity index (χ2v) is 4.83. The third-order valence-electron chi connectivity index (χ3n) is 3.17. The van der Waals surface area contributed by atoms with Gasteiger partial charge in [0.05, 0.1) is 6.10 Å². The minimum absolute atomic E-state index is 0.0808. The largest absolute Gasteiger partial charge is 0.493 e. The maximum Gasteiger partial charge on any atom is 0.262 e. The molecule has 1 aromatic heterocycles. The molecule has 0 bridgehead atoms. The van der Waals surface area contributed by atoms with E-state index in [0.717, 1.165) is 5.56 Å². The topological polar surface area (TPSA) is 75.2 Å². The summed E-state index contributed by atoms with van der Waals surface area (Å²) in [4.78, 5) is 18.8. The van der Waals surface area contributed by atoms with Gasteiger partial charge in [-0.15, -0.1) is 0 Å². The molecule has 1 atom stereocenters. The highest BCUT2D eigenvalue weighted by Crippen LogP contribution is 2.23. The number of aromatic hydroxyl groups is 1. The Morgan fingerprint density at radius 3 is 2.55 bits per heavy atom. The van der Waals surface area contributed by atoms with Crippen LogP contribution >= 0.6 is 0 Å². The van der Waals surface area contributed by atoms with Crippen LogP contribution in [-0.2, 0) is 11.2 Å². The van der Waals surface area contributed by atoms with Crippen LogP contribution in [0.1, 0.15) is 18.3 Å². The number of hydrogen-bond donors (Lipinski definition) is 2. The predicted molar refractivity (Wildman–Crippen MR) is 76.9 cm³/mol. The molecule has 0 amide bonds. The zero-order valence-electron chi connectivity index (χ0n) is 11.8. The van der Waals surface area contributed by atoms with Crippen LogP contribution in [0.3, 0.4) is 0 Å². The normalized spacial score (nSPS) is 12.3. The van der Waals surface area contributed by atoms with E-state index in [1.807, 2.05) is 26.0 Å². The molecule has 106 valence electrons. The number of benzene rings is 1.